The van der Waals surface area contributed by atoms with Gasteiger partial charge in [0.2, 0.25) is 0 Å². The molecule has 0 radical (unpaired) electrons. The van der Waals surface area contributed by atoms with Crippen LogP contribution in [0.25, 0.3) is 0 Å². The number of benzene rings is 1. The van der Waals surface area contributed by atoms with E-state index in [9.17, 15) is 13.2 Å². The summed E-state index contributed by atoms with van der Waals surface area (Å²) in [6.45, 7) is 2.44. The smallest absolute Gasteiger partial charge is 0.133 e. The van der Waals surface area contributed by atoms with Crippen molar-refractivity contribution in [2.45, 2.75) is 24.8 Å². The first kappa shape index (κ1) is 12.7. The molecule has 94 valence electrons. The zero-order valence-electron chi connectivity index (χ0n) is 9.22. The monoisotopic (exact) mass is 264 g/mol. The van der Waals surface area contributed by atoms with Crippen LogP contribution >= 0.6 is 11.6 Å². The van der Waals surface area contributed by atoms with E-state index >= 15 is 0 Å². The quantitative estimate of drug-likeness (QED) is 0.738. The van der Waals surface area contributed by atoms with Crippen LogP contribution in [-0.2, 0) is 4.74 Å². The van der Waals surface area contributed by atoms with Crippen molar-refractivity contribution in [3.05, 3.63) is 35.1 Å². The molecule has 0 spiro atoms. The van der Waals surface area contributed by atoms with Gasteiger partial charge in [-0.3, -0.25) is 0 Å². The molecular formula is C12H12ClF3O. The van der Waals surface area contributed by atoms with E-state index in [1.54, 1.807) is 0 Å². The lowest BCUT2D eigenvalue weighted by atomic mass is 9.96. The molecule has 3 atom stereocenters. The van der Waals surface area contributed by atoms with E-state index in [2.05, 4.69) is 0 Å². The molecule has 17 heavy (non-hydrogen) atoms. The van der Waals surface area contributed by atoms with Gasteiger partial charge in [0.05, 0.1) is 11.5 Å². The van der Waals surface area contributed by atoms with E-state index in [0.717, 1.165) is 6.42 Å². The zero-order chi connectivity index (χ0) is 12.6. The fourth-order valence-corrected chi connectivity index (χ4v) is 2.60. The minimum absolute atomic E-state index is 0.126. The second-order valence-electron chi connectivity index (χ2n) is 4.29. The van der Waals surface area contributed by atoms with Gasteiger partial charge < -0.3 is 4.74 Å². The lowest BCUT2D eigenvalue weighted by Crippen LogP contribution is -2.21. The van der Waals surface area contributed by atoms with Crippen molar-refractivity contribution in [1.29, 1.82) is 0 Å². The van der Waals surface area contributed by atoms with E-state index in [0.29, 0.717) is 18.7 Å². The van der Waals surface area contributed by atoms with Crippen molar-refractivity contribution in [2.75, 3.05) is 6.61 Å². The molecule has 2 rings (SSSR count). The van der Waals surface area contributed by atoms with Gasteiger partial charge in [0.1, 0.15) is 17.5 Å². The largest absolute Gasteiger partial charge is 0.376 e. The van der Waals surface area contributed by atoms with Crippen molar-refractivity contribution in [3.8, 4) is 0 Å². The van der Waals surface area contributed by atoms with E-state index in [4.69, 9.17) is 16.3 Å². The van der Waals surface area contributed by atoms with Gasteiger partial charge in [0, 0.05) is 24.3 Å². The summed E-state index contributed by atoms with van der Waals surface area (Å²) in [4.78, 5) is 0. The van der Waals surface area contributed by atoms with Gasteiger partial charge in [-0.2, -0.15) is 0 Å². The molecule has 1 aliphatic heterocycles. The third kappa shape index (κ3) is 2.43. The molecular weight excluding hydrogens is 253 g/mol. The Labute approximate surface area is 103 Å². The van der Waals surface area contributed by atoms with Crippen LogP contribution in [0.4, 0.5) is 13.2 Å². The van der Waals surface area contributed by atoms with E-state index < -0.39 is 28.9 Å². The molecule has 0 N–H and O–H groups in total. The lowest BCUT2D eigenvalue weighted by molar-refractivity contribution is 0.0886. The van der Waals surface area contributed by atoms with Crippen LogP contribution in [0.2, 0.25) is 0 Å². The topological polar surface area (TPSA) is 9.23 Å². The first-order valence-electron chi connectivity index (χ1n) is 5.41. The Morgan fingerprint density at radius 1 is 1.29 bits per heavy atom. The number of rotatable bonds is 2. The SMILES string of the molecule is CC1CCOC1C(Cl)c1c(F)cc(F)cc1F. The summed E-state index contributed by atoms with van der Waals surface area (Å²) in [5.41, 5.74) is -0.313. The van der Waals surface area contributed by atoms with Gasteiger partial charge in [0.15, 0.2) is 0 Å². The maximum atomic E-state index is 13.5. The first-order valence-corrected chi connectivity index (χ1v) is 5.84. The maximum absolute atomic E-state index is 13.5. The number of alkyl halides is 1. The predicted octanol–water partition coefficient (Wildman–Crippen LogP) is 3.81. The molecule has 1 aliphatic rings. The van der Waals surface area contributed by atoms with Crippen molar-refractivity contribution in [2.24, 2.45) is 5.92 Å². The van der Waals surface area contributed by atoms with Gasteiger partial charge in [-0.25, -0.2) is 13.2 Å². The number of halogens is 4. The summed E-state index contributed by atoms with van der Waals surface area (Å²) in [5, 5.41) is -0.937. The van der Waals surface area contributed by atoms with Crippen LogP contribution in [0.15, 0.2) is 12.1 Å². The van der Waals surface area contributed by atoms with Crippen LogP contribution in [0.5, 0.6) is 0 Å². The van der Waals surface area contributed by atoms with Crippen LogP contribution < -0.4 is 0 Å². The Morgan fingerprint density at radius 3 is 2.35 bits per heavy atom. The first-order chi connectivity index (χ1) is 8.00. The van der Waals surface area contributed by atoms with Crippen LogP contribution in [0, 0.1) is 23.4 Å². The Balaban J connectivity index is 2.33. The van der Waals surface area contributed by atoms with E-state index in [-0.39, 0.29) is 11.5 Å². The Kier molecular flexibility index (Phi) is 3.64. The minimum Gasteiger partial charge on any atom is -0.376 e. The van der Waals surface area contributed by atoms with Gasteiger partial charge in [-0.05, 0) is 12.3 Å². The second kappa shape index (κ2) is 4.86. The lowest BCUT2D eigenvalue weighted by Gasteiger charge is -2.21. The minimum atomic E-state index is -0.967. The fraction of sp³-hybridized carbons (Fsp3) is 0.500. The number of hydrogen-bond donors (Lipinski definition) is 0. The van der Waals surface area contributed by atoms with Crippen LogP contribution in [-0.4, -0.2) is 12.7 Å². The molecule has 5 heteroatoms. The van der Waals surface area contributed by atoms with Crippen molar-refractivity contribution >= 4 is 11.6 Å². The molecule has 1 fully saturated rings. The fourth-order valence-electron chi connectivity index (χ4n) is 2.07. The molecule has 1 aromatic carbocycles. The van der Waals surface area contributed by atoms with Crippen LogP contribution in [0.1, 0.15) is 24.3 Å². The maximum Gasteiger partial charge on any atom is 0.133 e. The summed E-state index contributed by atoms with van der Waals surface area (Å²) in [5.74, 6) is -2.76. The molecule has 0 amide bonds. The van der Waals surface area contributed by atoms with Gasteiger partial charge in [0.25, 0.3) is 0 Å². The highest BCUT2D eigenvalue weighted by atomic mass is 35.5. The Morgan fingerprint density at radius 2 is 1.88 bits per heavy atom. The summed E-state index contributed by atoms with van der Waals surface area (Å²) in [6, 6.07) is 1.26. The molecule has 1 saturated heterocycles. The van der Waals surface area contributed by atoms with Gasteiger partial charge in [-0.1, -0.05) is 6.92 Å². The van der Waals surface area contributed by atoms with Gasteiger partial charge in [-0.15, -0.1) is 11.6 Å². The summed E-state index contributed by atoms with van der Waals surface area (Å²) < 4.78 is 45.2. The Hall–Kier alpha value is -0.740. The van der Waals surface area contributed by atoms with Gasteiger partial charge >= 0.3 is 0 Å². The molecule has 1 nitrogen and oxygen atoms in total. The zero-order valence-corrected chi connectivity index (χ0v) is 9.98. The normalized spacial score (nSPS) is 26.2. The van der Waals surface area contributed by atoms with Crippen molar-refractivity contribution in [1.82, 2.24) is 0 Å². The van der Waals surface area contributed by atoms with Crippen molar-refractivity contribution < 1.29 is 17.9 Å². The standard InChI is InChI=1S/C12H12ClF3O/c1-6-2-3-17-12(6)11(13)10-8(15)4-7(14)5-9(10)16/h4-6,11-12H,2-3H2,1H3. The summed E-state index contributed by atoms with van der Waals surface area (Å²) in [6.07, 6.45) is 0.365. The summed E-state index contributed by atoms with van der Waals surface area (Å²) >= 11 is 6.04. The average molecular weight is 265 g/mol. The number of ether oxygens (including phenoxy) is 1. The molecule has 1 aromatic rings. The van der Waals surface area contributed by atoms with Crippen LogP contribution in [0.3, 0.4) is 0 Å². The highest BCUT2D eigenvalue weighted by Crippen LogP contribution is 2.38. The average Bonchev–Trinajstić information content (AvgIpc) is 2.62. The molecule has 0 bridgehead atoms. The second-order valence-corrected chi connectivity index (χ2v) is 4.76. The highest BCUT2D eigenvalue weighted by molar-refractivity contribution is 6.21. The molecule has 1 heterocycles. The van der Waals surface area contributed by atoms with E-state index in [1.807, 2.05) is 6.92 Å². The third-order valence-electron chi connectivity index (χ3n) is 3.05. The highest BCUT2D eigenvalue weighted by Gasteiger charge is 2.35. The number of hydrogen-bond acceptors (Lipinski definition) is 1. The van der Waals surface area contributed by atoms with Crippen molar-refractivity contribution in [3.63, 3.8) is 0 Å². The third-order valence-corrected chi connectivity index (χ3v) is 3.52. The molecule has 3 unspecified atom stereocenters. The van der Waals surface area contributed by atoms with E-state index in [1.165, 1.54) is 0 Å². The Bertz CT molecular complexity index is 401. The molecule has 0 aliphatic carbocycles. The molecule has 0 aromatic heterocycles. The molecule has 0 saturated carbocycles. The predicted molar refractivity (Wildman–Crippen MR) is 58.4 cm³/mol. The summed E-state index contributed by atoms with van der Waals surface area (Å²) in [7, 11) is 0.